The quantitative estimate of drug-likeness (QED) is 0.539. The first-order valence-electron chi connectivity index (χ1n) is 8.81. The lowest BCUT2D eigenvalue weighted by molar-refractivity contribution is -0.139. The van der Waals surface area contributed by atoms with E-state index in [1.54, 1.807) is 19.3 Å². The Labute approximate surface area is 158 Å². The first kappa shape index (κ1) is 20.3. The SMILES string of the molecule is COc1cccc(/C=C/C(=O)OCc2cc(=O)c(OCCC(C)C)c[nH]2)c1. The number of esters is 1. The van der Waals surface area contributed by atoms with Crippen LogP contribution in [-0.2, 0) is 16.1 Å². The number of carbonyl (C=O) groups is 1. The largest absolute Gasteiger partial charge is 0.497 e. The Balaban J connectivity index is 1.86. The van der Waals surface area contributed by atoms with Gasteiger partial charge >= 0.3 is 5.97 Å². The molecule has 27 heavy (non-hydrogen) atoms. The monoisotopic (exact) mass is 371 g/mol. The summed E-state index contributed by atoms with van der Waals surface area (Å²) in [5.74, 6) is 0.978. The molecule has 0 amide bonds. The van der Waals surface area contributed by atoms with E-state index in [1.165, 1.54) is 18.3 Å². The van der Waals surface area contributed by atoms with E-state index < -0.39 is 5.97 Å². The summed E-state index contributed by atoms with van der Waals surface area (Å²) in [5, 5.41) is 0. The van der Waals surface area contributed by atoms with E-state index in [0.717, 1.165) is 12.0 Å². The average molecular weight is 371 g/mol. The van der Waals surface area contributed by atoms with E-state index >= 15 is 0 Å². The molecule has 6 nitrogen and oxygen atoms in total. The number of rotatable bonds is 9. The van der Waals surface area contributed by atoms with Crippen molar-refractivity contribution in [3.63, 3.8) is 0 Å². The fourth-order valence-corrected chi connectivity index (χ4v) is 2.21. The summed E-state index contributed by atoms with van der Waals surface area (Å²) in [6.07, 6.45) is 5.34. The Morgan fingerprint density at radius 1 is 1.26 bits per heavy atom. The molecule has 0 spiro atoms. The second-order valence-electron chi connectivity index (χ2n) is 6.44. The van der Waals surface area contributed by atoms with Crippen LogP contribution in [0.15, 0.2) is 47.4 Å². The third kappa shape index (κ3) is 7.01. The van der Waals surface area contributed by atoms with Gasteiger partial charge in [0.1, 0.15) is 12.4 Å². The van der Waals surface area contributed by atoms with Crippen molar-refractivity contribution in [3.8, 4) is 11.5 Å². The van der Waals surface area contributed by atoms with Crippen molar-refractivity contribution < 1.29 is 19.0 Å². The number of hydrogen-bond acceptors (Lipinski definition) is 5. The summed E-state index contributed by atoms with van der Waals surface area (Å²) in [6, 6.07) is 8.69. The molecule has 0 aliphatic heterocycles. The van der Waals surface area contributed by atoms with E-state index in [4.69, 9.17) is 14.2 Å². The van der Waals surface area contributed by atoms with Crippen LogP contribution in [0.25, 0.3) is 6.08 Å². The third-order valence-electron chi connectivity index (χ3n) is 3.77. The predicted octanol–water partition coefficient (Wildman–Crippen LogP) is 3.57. The van der Waals surface area contributed by atoms with Gasteiger partial charge in [0, 0.05) is 18.3 Å². The maximum atomic E-state index is 12.0. The first-order valence-corrected chi connectivity index (χ1v) is 8.81. The van der Waals surface area contributed by atoms with Gasteiger partial charge in [0.25, 0.3) is 0 Å². The summed E-state index contributed by atoms with van der Waals surface area (Å²) >= 11 is 0. The van der Waals surface area contributed by atoms with Gasteiger partial charge in [-0.1, -0.05) is 26.0 Å². The molecule has 0 aliphatic carbocycles. The van der Waals surface area contributed by atoms with E-state index in [0.29, 0.717) is 24.0 Å². The molecule has 2 aromatic rings. The van der Waals surface area contributed by atoms with Crippen molar-refractivity contribution in [1.29, 1.82) is 0 Å². The molecule has 0 saturated heterocycles. The molecule has 1 aromatic carbocycles. The Kier molecular flexibility index (Phi) is 7.67. The molecule has 6 heteroatoms. The van der Waals surface area contributed by atoms with Gasteiger partial charge in [-0.2, -0.15) is 0 Å². The van der Waals surface area contributed by atoms with Crippen LogP contribution in [-0.4, -0.2) is 24.7 Å². The molecule has 1 aromatic heterocycles. The second-order valence-corrected chi connectivity index (χ2v) is 6.44. The standard InChI is InChI=1S/C21H25NO5/c1-15(2)9-10-26-20-13-22-17(12-19(20)23)14-27-21(24)8-7-16-5-4-6-18(11-16)25-3/h4-8,11-13,15H,9-10,14H2,1-3H3,(H,22,23)/b8-7+. The minimum Gasteiger partial charge on any atom is -0.497 e. The zero-order chi connectivity index (χ0) is 19.6. The maximum absolute atomic E-state index is 12.0. The van der Waals surface area contributed by atoms with E-state index in [-0.39, 0.29) is 17.8 Å². The average Bonchev–Trinajstić information content (AvgIpc) is 2.66. The molecular weight excluding hydrogens is 346 g/mol. The molecule has 0 radical (unpaired) electrons. The van der Waals surface area contributed by atoms with Crippen molar-refractivity contribution >= 4 is 12.0 Å². The Morgan fingerprint density at radius 3 is 2.78 bits per heavy atom. The number of H-pyrrole nitrogens is 1. The highest BCUT2D eigenvalue weighted by molar-refractivity contribution is 5.87. The molecule has 0 atom stereocenters. The summed E-state index contributed by atoms with van der Waals surface area (Å²) in [4.78, 5) is 26.8. The van der Waals surface area contributed by atoms with E-state index in [2.05, 4.69) is 18.8 Å². The lowest BCUT2D eigenvalue weighted by atomic mass is 10.1. The molecule has 0 fully saturated rings. The molecule has 0 saturated carbocycles. The fraction of sp³-hybridized carbons (Fsp3) is 0.333. The minimum atomic E-state index is -0.504. The highest BCUT2D eigenvalue weighted by Crippen LogP contribution is 2.13. The fourth-order valence-electron chi connectivity index (χ4n) is 2.21. The number of ether oxygens (including phenoxy) is 3. The Hall–Kier alpha value is -3.02. The number of pyridine rings is 1. The number of nitrogens with one attached hydrogen (secondary N) is 1. The van der Waals surface area contributed by atoms with Crippen LogP contribution < -0.4 is 14.9 Å². The van der Waals surface area contributed by atoms with Gasteiger partial charge in [0.05, 0.1) is 19.4 Å². The zero-order valence-corrected chi connectivity index (χ0v) is 15.9. The number of carbonyl (C=O) groups excluding carboxylic acids is 1. The molecule has 2 rings (SSSR count). The van der Waals surface area contributed by atoms with Crippen molar-refractivity contribution in [2.45, 2.75) is 26.9 Å². The van der Waals surface area contributed by atoms with Gasteiger partial charge < -0.3 is 19.2 Å². The van der Waals surface area contributed by atoms with Gasteiger partial charge in [0.15, 0.2) is 5.75 Å². The molecular formula is C21H25NO5. The van der Waals surface area contributed by atoms with Gasteiger partial charge in [-0.25, -0.2) is 4.79 Å². The second kappa shape index (κ2) is 10.2. The molecule has 0 unspecified atom stereocenters. The topological polar surface area (TPSA) is 77.6 Å². The summed E-state index contributed by atoms with van der Waals surface area (Å²) in [7, 11) is 1.58. The summed E-state index contributed by atoms with van der Waals surface area (Å²) in [6.45, 7) is 4.65. The molecule has 0 bridgehead atoms. The highest BCUT2D eigenvalue weighted by Gasteiger charge is 2.05. The van der Waals surface area contributed by atoms with Crippen LogP contribution in [0.3, 0.4) is 0 Å². The van der Waals surface area contributed by atoms with Gasteiger partial charge in [-0.3, -0.25) is 4.79 Å². The number of aromatic nitrogens is 1. The van der Waals surface area contributed by atoms with Crippen molar-refractivity contribution in [2.24, 2.45) is 5.92 Å². The smallest absolute Gasteiger partial charge is 0.331 e. The van der Waals surface area contributed by atoms with Crippen LogP contribution in [0.4, 0.5) is 0 Å². The maximum Gasteiger partial charge on any atom is 0.331 e. The van der Waals surface area contributed by atoms with Gasteiger partial charge in [-0.15, -0.1) is 0 Å². The summed E-state index contributed by atoms with van der Waals surface area (Å²) in [5.41, 5.74) is 1.08. The van der Waals surface area contributed by atoms with E-state index in [9.17, 15) is 9.59 Å². The normalized spacial score (nSPS) is 11.0. The summed E-state index contributed by atoms with van der Waals surface area (Å²) < 4.78 is 15.7. The van der Waals surface area contributed by atoms with Crippen LogP contribution in [0.2, 0.25) is 0 Å². The van der Waals surface area contributed by atoms with Crippen molar-refractivity contribution in [3.05, 3.63) is 64.1 Å². The Bertz CT molecular complexity index is 838. The van der Waals surface area contributed by atoms with Crippen molar-refractivity contribution in [1.82, 2.24) is 4.98 Å². The lowest BCUT2D eigenvalue weighted by Crippen LogP contribution is -2.12. The van der Waals surface area contributed by atoms with Crippen LogP contribution >= 0.6 is 0 Å². The highest BCUT2D eigenvalue weighted by atomic mass is 16.5. The number of methoxy groups -OCH3 is 1. The predicted molar refractivity (Wildman–Crippen MR) is 104 cm³/mol. The van der Waals surface area contributed by atoms with E-state index in [1.807, 2.05) is 18.2 Å². The third-order valence-corrected chi connectivity index (χ3v) is 3.77. The zero-order valence-electron chi connectivity index (χ0n) is 15.9. The van der Waals surface area contributed by atoms with Gasteiger partial charge in [-0.05, 0) is 36.1 Å². The van der Waals surface area contributed by atoms with Crippen LogP contribution in [0.5, 0.6) is 11.5 Å². The van der Waals surface area contributed by atoms with Gasteiger partial charge in [0.2, 0.25) is 5.43 Å². The molecule has 144 valence electrons. The van der Waals surface area contributed by atoms with Crippen LogP contribution in [0, 0.1) is 5.92 Å². The first-order chi connectivity index (χ1) is 13.0. The number of hydrogen-bond donors (Lipinski definition) is 1. The Morgan fingerprint density at radius 2 is 2.07 bits per heavy atom. The molecule has 0 aliphatic rings. The number of benzene rings is 1. The lowest BCUT2D eigenvalue weighted by Gasteiger charge is -2.08. The van der Waals surface area contributed by atoms with Crippen molar-refractivity contribution in [2.75, 3.05) is 13.7 Å². The van der Waals surface area contributed by atoms with Crippen LogP contribution in [0.1, 0.15) is 31.5 Å². The number of aromatic amines is 1. The molecule has 1 N–H and O–H groups in total. The molecule has 1 heterocycles. The minimum absolute atomic E-state index is 0.0250.